The summed E-state index contributed by atoms with van der Waals surface area (Å²) < 4.78 is 7.11. The van der Waals surface area contributed by atoms with E-state index in [-0.39, 0.29) is 36.0 Å². The largest absolute Gasteiger partial charge is 0.496 e. The lowest BCUT2D eigenvalue weighted by molar-refractivity contribution is -0.386. The van der Waals surface area contributed by atoms with E-state index in [1.54, 1.807) is 31.5 Å². The Morgan fingerprint density at radius 2 is 1.97 bits per heavy atom. The molecule has 0 amide bonds. The van der Waals surface area contributed by atoms with Gasteiger partial charge in [-0.15, -0.1) is 0 Å². The number of aryl methyl sites for hydroxylation is 1. The third kappa shape index (κ3) is 4.95. The molecule has 0 radical (unpaired) electrons. The average molecular weight is 530 g/mol. The van der Waals surface area contributed by atoms with Gasteiger partial charge in [0.2, 0.25) is 0 Å². The van der Waals surface area contributed by atoms with Gasteiger partial charge in [0.05, 0.1) is 42.0 Å². The molecule has 0 fully saturated rings. The van der Waals surface area contributed by atoms with Crippen LogP contribution in [0.1, 0.15) is 54.6 Å². The van der Waals surface area contributed by atoms with Gasteiger partial charge >= 0.3 is 5.69 Å². The highest BCUT2D eigenvalue weighted by Gasteiger charge is 2.53. The normalized spacial score (nSPS) is 19.3. The summed E-state index contributed by atoms with van der Waals surface area (Å²) in [7, 11) is 1.53. The van der Waals surface area contributed by atoms with E-state index in [9.17, 15) is 25.9 Å². The number of aromatic nitrogens is 2. The van der Waals surface area contributed by atoms with Crippen LogP contribution < -0.4 is 10.5 Å². The van der Waals surface area contributed by atoms with Crippen LogP contribution >= 0.6 is 0 Å². The molecule has 39 heavy (non-hydrogen) atoms. The summed E-state index contributed by atoms with van der Waals surface area (Å²) in [5, 5.41) is 53.7. The lowest BCUT2D eigenvalue weighted by atomic mass is 9.56. The lowest BCUT2D eigenvalue weighted by Crippen LogP contribution is -2.42. The Bertz CT molecular complexity index is 1450. The van der Waals surface area contributed by atoms with Crippen molar-refractivity contribution < 1.29 is 14.8 Å². The van der Waals surface area contributed by atoms with Crippen LogP contribution in [0.3, 0.4) is 0 Å². The van der Waals surface area contributed by atoms with Gasteiger partial charge in [-0.1, -0.05) is 12.1 Å². The number of aliphatic hydroxyl groups is 1. The number of nitriles is 3. The van der Waals surface area contributed by atoms with Crippen molar-refractivity contribution in [3.8, 4) is 24.0 Å². The number of hydrogen-bond donors (Lipinski definition) is 2. The molecule has 0 bridgehead atoms. The number of rotatable bonds is 5. The molecule has 3 N–H and O–H groups in total. The molecule has 2 atom stereocenters. The van der Waals surface area contributed by atoms with Crippen LogP contribution in [0, 0.1) is 69.3 Å². The number of nitrogens with zero attached hydrogens (tertiary/aromatic N) is 6. The fraction of sp³-hybridized carbons (Fsp3) is 0.429. The molecule has 1 heterocycles. The first kappa shape index (κ1) is 28.9. The van der Waals surface area contributed by atoms with Crippen LogP contribution in [0.15, 0.2) is 41.1 Å². The summed E-state index contributed by atoms with van der Waals surface area (Å²) in [5.41, 5.74) is 7.75. The number of nitro groups is 1. The quantitative estimate of drug-likeness (QED) is 0.425. The monoisotopic (exact) mass is 529 g/mol. The van der Waals surface area contributed by atoms with Crippen molar-refractivity contribution in [2.45, 2.75) is 52.5 Å². The number of nitrogens with two attached hydrogens (primary N) is 1. The summed E-state index contributed by atoms with van der Waals surface area (Å²) in [4.78, 5) is 11.0. The molecule has 1 aromatic heterocycles. The van der Waals surface area contributed by atoms with E-state index in [1.807, 2.05) is 18.2 Å². The minimum Gasteiger partial charge on any atom is -0.496 e. The SMILES string of the molecule is CCO.COc1ccc(C2C3CCCC=C3C(C#N)=C(N)C2(C#N)C#N)cc1Cn1nc(C)c([N+](=O)[O-])c1C. The van der Waals surface area contributed by atoms with Gasteiger partial charge in [-0.3, -0.25) is 14.8 Å². The van der Waals surface area contributed by atoms with E-state index in [1.165, 1.54) is 7.11 Å². The van der Waals surface area contributed by atoms with Gasteiger partial charge in [-0.2, -0.15) is 20.9 Å². The average Bonchev–Trinajstić information content (AvgIpc) is 3.20. The van der Waals surface area contributed by atoms with E-state index in [0.29, 0.717) is 34.7 Å². The van der Waals surface area contributed by atoms with Gasteiger partial charge in [0, 0.05) is 18.1 Å². The van der Waals surface area contributed by atoms with Crippen molar-refractivity contribution >= 4 is 5.69 Å². The van der Waals surface area contributed by atoms with Crippen molar-refractivity contribution in [3.63, 3.8) is 0 Å². The zero-order chi connectivity index (χ0) is 28.9. The maximum atomic E-state index is 11.5. The molecular formula is C28H31N7O4. The molecule has 0 spiro atoms. The van der Waals surface area contributed by atoms with Crippen LogP contribution in [0.4, 0.5) is 5.69 Å². The molecule has 0 saturated carbocycles. The smallest absolute Gasteiger partial charge is 0.312 e. The van der Waals surface area contributed by atoms with Crippen molar-refractivity contribution in [1.29, 1.82) is 15.8 Å². The Morgan fingerprint density at radius 1 is 1.31 bits per heavy atom. The minimum absolute atomic E-state index is 0.0176. The molecule has 202 valence electrons. The van der Waals surface area contributed by atoms with Gasteiger partial charge in [-0.05, 0) is 69.2 Å². The topological polar surface area (TPSA) is 188 Å². The molecular weight excluding hydrogens is 498 g/mol. The number of hydrogen-bond acceptors (Lipinski definition) is 9. The van der Waals surface area contributed by atoms with E-state index in [4.69, 9.17) is 15.6 Å². The highest BCUT2D eigenvalue weighted by Crippen LogP contribution is 2.56. The molecule has 11 heteroatoms. The fourth-order valence-corrected chi connectivity index (χ4v) is 5.63. The molecule has 2 aromatic rings. The second-order valence-electron chi connectivity index (χ2n) is 9.43. The molecule has 1 aromatic carbocycles. The number of ether oxygens (including phenoxy) is 1. The van der Waals surface area contributed by atoms with Gasteiger partial charge in [0.25, 0.3) is 0 Å². The summed E-state index contributed by atoms with van der Waals surface area (Å²) >= 11 is 0. The molecule has 2 aliphatic rings. The lowest BCUT2D eigenvalue weighted by Gasteiger charge is -2.43. The van der Waals surface area contributed by atoms with Crippen LogP contribution in [0.5, 0.6) is 5.75 Å². The van der Waals surface area contributed by atoms with Gasteiger partial charge < -0.3 is 15.6 Å². The van der Waals surface area contributed by atoms with Crippen molar-refractivity contribution in [3.05, 3.63) is 73.7 Å². The Labute approximate surface area is 227 Å². The van der Waals surface area contributed by atoms with E-state index in [0.717, 1.165) is 18.4 Å². The van der Waals surface area contributed by atoms with E-state index >= 15 is 0 Å². The summed E-state index contributed by atoms with van der Waals surface area (Å²) in [6.45, 7) is 5.35. The highest BCUT2D eigenvalue weighted by atomic mass is 16.6. The van der Waals surface area contributed by atoms with Crippen molar-refractivity contribution in [2.24, 2.45) is 17.1 Å². The molecule has 2 aliphatic carbocycles. The Kier molecular flexibility index (Phi) is 8.75. The van der Waals surface area contributed by atoms with E-state index in [2.05, 4.69) is 23.3 Å². The third-order valence-corrected chi connectivity index (χ3v) is 7.31. The predicted octanol–water partition coefficient (Wildman–Crippen LogP) is 4.06. The fourth-order valence-electron chi connectivity index (χ4n) is 5.63. The number of methoxy groups -OCH3 is 1. The van der Waals surface area contributed by atoms with Crippen LogP contribution in [-0.4, -0.2) is 33.5 Å². The van der Waals surface area contributed by atoms with Gasteiger partial charge in [-0.25, -0.2) is 0 Å². The van der Waals surface area contributed by atoms with Crippen LogP contribution in [0.2, 0.25) is 0 Å². The highest BCUT2D eigenvalue weighted by molar-refractivity contribution is 5.59. The summed E-state index contributed by atoms with van der Waals surface area (Å²) in [5.74, 6) is -0.281. The Hall–Kier alpha value is -4.66. The molecule has 0 aliphatic heterocycles. The molecule has 4 rings (SSSR count). The van der Waals surface area contributed by atoms with Crippen molar-refractivity contribution in [1.82, 2.24) is 9.78 Å². The molecule has 0 saturated heterocycles. The summed E-state index contributed by atoms with van der Waals surface area (Å²) in [6, 6.07) is 11.9. The zero-order valence-corrected chi connectivity index (χ0v) is 22.4. The van der Waals surface area contributed by atoms with Crippen LogP contribution in [-0.2, 0) is 6.54 Å². The standard InChI is InChI=1S/C26H25N7O3.C2H6O/c1-15-24(33(34)35)16(2)32(31-15)12-18-10-17(8-9-22(18)36-3)23-20-7-5-4-6-19(20)21(11-27)25(30)26(23,13-28)14-29;1-2-3/h6,8-10,20,23H,4-5,7,12,30H2,1-3H3;3H,2H2,1H3. The first-order valence-electron chi connectivity index (χ1n) is 12.5. The predicted molar refractivity (Wildman–Crippen MR) is 142 cm³/mol. The molecule has 11 nitrogen and oxygen atoms in total. The first-order chi connectivity index (χ1) is 18.6. The van der Waals surface area contributed by atoms with Crippen molar-refractivity contribution in [2.75, 3.05) is 13.7 Å². The third-order valence-electron chi connectivity index (χ3n) is 7.31. The van der Waals surface area contributed by atoms with Crippen LogP contribution in [0.25, 0.3) is 0 Å². The second kappa shape index (κ2) is 11.8. The Balaban J connectivity index is 0.00000134. The van der Waals surface area contributed by atoms with Gasteiger partial charge in [0.1, 0.15) is 23.2 Å². The second-order valence-corrected chi connectivity index (χ2v) is 9.43. The van der Waals surface area contributed by atoms with Gasteiger partial charge in [0.15, 0.2) is 5.41 Å². The Morgan fingerprint density at radius 3 is 2.51 bits per heavy atom. The zero-order valence-electron chi connectivity index (χ0n) is 22.4. The number of fused-ring (bicyclic) bond motifs is 1. The maximum absolute atomic E-state index is 11.5. The number of aliphatic hydroxyl groups excluding tert-OH is 1. The number of benzene rings is 1. The molecule has 2 unspecified atom stereocenters. The van der Waals surface area contributed by atoms with E-state index < -0.39 is 16.3 Å². The summed E-state index contributed by atoms with van der Waals surface area (Å²) in [6.07, 6.45) is 4.37. The first-order valence-corrected chi connectivity index (χ1v) is 12.5. The maximum Gasteiger partial charge on any atom is 0.312 e. The number of allylic oxidation sites excluding steroid dienone is 4. The minimum atomic E-state index is -1.72.